The number of carbonyl (C=O) groups excluding carboxylic acids is 1. The van der Waals surface area contributed by atoms with Gasteiger partial charge >= 0.3 is 0 Å². The normalized spacial score (nSPS) is 20.4. The van der Waals surface area contributed by atoms with E-state index in [1.807, 2.05) is 24.3 Å². The molecule has 0 radical (unpaired) electrons. The second-order valence-corrected chi connectivity index (χ2v) is 2.92. The van der Waals surface area contributed by atoms with Crippen LogP contribution >= 0.6 is 0 Å². The Labute approximate surface area is 78.3 Å². The summed E-state index contributed by atoms with van der Waals surface area (Å²) in [7, 11) is 0. The third-order valence-electron chi connectivity index (χ3n) is 1.72. The third-order valence-corrected chi connectivity index (χ3v) is 1.72. The molecule has 1 aliphatic carbocycles. The Morgan fingerprint density at radius 3 is 3.08 bits per heavy atom. The van der Waals surface area contributed by atoms with Gasteiger partial charge in [0.15, 0.2) is 0 Å². The first-order valence-corrected chi connectivity index (χ1v) is 4.22. The third kappa shape index (κ3) is 3.11. The Hall–Kier alpha value is -1.57. The number of hydrogen-bond acceptors (Lipinski definition) is 1. The standard InChI is InChI=1S/C11H13NO/c1-3-11(13)12-10-6-4-5-9(2)7-8-10/h3-9H,1H2,2H3,(H,12,13). The van der Waals surface area contributed by atoms with Crippen LogP contribution < -0.4 is 5.32 Å². The molecule has 68 valence electrons. The highest BCUT2D eigenvalue weighted by Gasteiger charge is 1.99. The molecule has 0 bridgehead atoms. The second kappa shape index (κ2) is 4.45. The van der Waals surface area contributed by atoms with Crippen molar-refractivity contribution in [3.05, 3.63) is 48.7 Å². The van der Waals surface area contributed by atoms with Crippen LogP contribution in [0.15, 0.2) is 48.7 Å². The summed E-state index contributed by atoms with van der Waals surface area (Å²) >= 11 is 0. The molecule has 0 aromatic rings. The molecule has 0 aromatic carbocycles. The molecule has 1 N–H and O–H groups in total. The van der Waals surface area contributed by atoms with Gasteiger partial charge in [-0.3, -0.25) is 4.79 Å². The van der Waals surface area contributed by atoms with Gasteiger partial charge in [0.05, 0.1) is 0 Å². The van der Waals surface area contributed by atoms with E-state index in [9.17, 15) is 4.79 Å². The van der Waals surface area contributed by atoms with Crippen molar-refractivity contribution in [2.75, 3.05) is 0 Å². The number of hydrogen-bond donors (Lipinski definition) is 1. The number of amides is 1. The number of rotatable bonds is 2. The Balaban J connectivity index is 2.66. The lowest BCUT2D eigenvalue weighted by Gasteiger charge is -2.00. The largest absolute Gasteiger partial charge is 0.323 e. The van der Waals surface area contributed by atoms with Crippen molar-refractivity contribution < 1.29 is 4.79 Å². The minimum absolute atomic E-state index is 0.182. The van der Waals surface area contributed by atoms with E-state index >= 15 is 0 Å². The molecule has 1 aliphatic rings. The Kier molecular flexibility index (Phi) is 3.26. The predicted molar refractivity (Wildman–Crippen MR) is 53.9 cm³/mol. The van der Waals surface area contributed by atoms with Crippen molar-refractivity contribution in [2.45, 2.75) is 6.92 Å². The number of nitrogens with one attached hydrogen (secondary N) is 1. The molecular weight excluding hydrogens is 162 g/mol. The molecule has 1 atom stereocenters. The van der Waals surface area contributed by atoms with E-state index in [0.717, 1.165) is 5.70 Å². The number of allylic oxidation sites excluding steroid dienone is 5. The summed E-state index contributed by atoms with van der Waals surface area (Å²) in [5.74, 6) is 0.230. The van der Waals surface area contributed by atoms with Crippen molar-refractivity contribution in [1.29, 1.82) is 0 Å². The topological polar surface area (TPSA) is 29.1 Å². The van der Waals surface area contributed by atoms with Crippen LogP contribution in [0.3, 0.4) is 0 Å². The smallest absolute Gasteiger partial charge is 0.247 e. The van der Waals surface area contributed by atoms with Gasteiger partial charge in [0.25, 0.3) is 0 Å². The van der Waals surface area contributed by atoms with E-state index < -0.39 is 0 Å². The first kappa shape index (κ1) is 9.52. The average molecular weight is 175 g/mol. The van der Waals surface area contributed by atoms with Crippen molar-refractivity contribution in [3.63, 3.8) is 0 Å². The van der Waals surface area contributed by atoms with E-state index in [1.165, 1.54) is 6.08 Å². The molecule has 0 aromatic heterocycles. The lowest BCUT2D eigenvalue weighted by molar-refractivity contribution is -0.115. The van der Waals surface area contributed by atoms with Crippen molar-refractivity contribution in [3.8, 4) is 0 Å². The van der Waals surface area contributed by atoms with Crippen LogP contribution in [0.1, 0.15) is 6.92 Å². The van der Waals surface area contributed by atoms with E-state index in [-0.39, 0.29) is 5.91 Å². The van der Waals surface area contributed by atoms with Gasteiger partial charge in [-0.15, -0.1) is 0 Å². The summed E-state index contributed by atoms with van der Waals surface area (Å²) in [6.45, 7) is 5.47. The van der Waals surface area contributed by atoms with E-state index in [4.69, 9.17) is 0 Å². The second-order valence-electron chi connectivity index (χ2n) is 2.92. The van der Waals surface area contributed by atoms with Gasteiger partial charge in [-0.05, 0) is 24.1 Å². The zero-order valence-corrected chi connectivity index (χ0v) is 7.66. The fourth-order valence-corrected chi connectivity index (χ4v) is 0.986. The summed E-state index contributed by atoms with van der Waals surface area (Å²) in [5.41, 5.74) is 0.797. The molecule has 0 spiro atoms. The van der Waals surface area contributed by atoms with E-state index in [2.05, 4.69) is 24.9 Å². The minimum atomic E-state index is -0.182. The lowest BCUT2D eigenvalue weighted by atomic mass is 10.2. The highest BCUT2D eigenvalue weighted by Crippen LogP contribution is 2.07. The van der Waals surface area contributed by atoms with Crippen molar-refractivity contribution >= 4 is 5.91 Å². The lowest BCUT2D eigenvalue weighted by Crippen LogP contribution is -2.18. The predicted octanol–water partition coefficient (Wildman–Crippen LogP) is 1.93. The first-order valence-electron chi connectivity index (χ1n) is 4.22. The van der Waals surface area contributed by atoms with Crippen LogP contribution in [0, 0.1) is 5.92 Å². The summed E-state index contributed by atoms with van der Waals surface area (Å²) in [4.78, 5) is 10.9. The maximum Gasteiger partial charge on any atom is 0.247 e. The van der Waals surface area contributed by atoms with Crippen LogP contribution in [-0.2, 0) is 4.79 Å². The zero-order valence-electron chi connectivity index (χ0n) is 7.66. The number of carbonyl (C=O) groups is 1. The summed E-state index contributed by atoms with van der Waals surface area (Å²) < 4.78 is 0. The fourth-order valence-electron chi connectivity index (χ4n) is 0.986. The summed E-state index contributed by atoms with van der Waals surface area (Å²) in [6, 6.07) is 0. The van der Waals surface area contributed by atoms with Crippen LogP contribution in [0.25, 0.3) is 0 Å². The maximum absolute atomic E-state index is 10.9. The Morgan fingerprint density at radius 2 is 2.38 bits per heavy atom. The molecule has 2 heteroatoms. The quantitative estimate of drug-likeness (QED) is 0.638. The molecule has 1 amide bonds. The Morgan fingerprint density at radius 1 is 1.62 bits per heavy atom. The zero-order chi connectivity index (χ0) is 9.68. The SMILES string of the molecule is C=CC(=O)NC1=CC=CC(C)C=C1. The van der Waals surface area contributed by atoms with E-state index in [0.29, 0.717) is 5.92 Å². The van der Waals surface area contributed by atoms with Crippen LogP contribution in [0.2, 0.25) is 0 Å². The van der Waals surface area contributed by atoms with Crippen molar-refractivity contribution in [2.24, 2.45) is 5.92 Å². The molecule has 13 heavy (non-hydrogen) atoms. The van der Waals surface area contributed by atoms with Gasteiger partial charge in [0.1, 0.15) is 0 Å². The molecule has 0 fully saturated rings. The van der Waals surface area contributed by atoms with Crippen LogP contribution in [0.4, 0.5) is 0 Å². The van der Waals surface area contributed by atoms with Crippen molar-refractivity contribution in [1.82, 2.24) is 5.32 Å². The average Bonchev–Trinajstić information content (AvgIpc) is 2.31. The fraction of sp³-hybridized carbons (Fsp3) is 0.182. The van der Waals surface area contributed by atoms with Gasteiger partial charge in [-0.2, -0.15) is 0 Å². The van der Waals surface area contributed by atoms with Crippen LogP contribution in [-0.4, -0.2) is 5.91 Å². The molecular formula is C11H13NO. The molecule has 2 nitrogen and oxygen atoms in total. The highest BCUT2D eigenvalue weighted by molar-refractivity contribution is 5.88. The Bertz CT molecular complexity index is 297. The summed E-state index contributed by atoms with van der Waals surface area (Å²) in [6.07, 6.45) is 11.0. The maximum atomic E-state index is 10.9. The van der Waals surface area contributed by atoms with E-state index in [1.54, 1.807) is 0 Å². The highest BCUT2D eigenvalue weighted by atomic mass is 16.1. The molecule has 0 heterocycles. The van der Waals surface area contributed by atoms with Gasteiger partial charge < -0.3 is 5.32 Å². The first-order chi connectivity index (χ1) is 6.22. The van der Waals surface area contributed by atoms with Crippen LogP contribution in [0.5, 0.6) is 0 Å². The van der Waals surface area contributed by atoms with Gasteiger partial charge in [0, 0.05) is 5.70 Å². The molecule has 0 saturated heterocycles. The van der Waals surface area contributed by atoms with Gasteiger partial charge in [-0.25, -0.2) is 0 Å². The molecule has 0 saturated carbocycles. The minimum Gasteiger partial charge on any atom is -0.323 e. The molecule has 1 rings (SSSR count). The van der Waals surface area contributed by atoms with Gasteiger partial charge in [0.2, 0.25) is 5.91 Å². The molecule has 0 aliphatic heterocycles. The monoisotopic (exact) mass is 175 g/mol. The molecule has 1 unspecified atom stereocenters. The summed E-state index contributed by atoms with van der Waals surface area (Å²) in [5, 5.41) is 2.70. The van der Waals surface area contributed by atoms with Gasteiger partial charge in [-0.1, -0.05) is 31.7 Å².